The highest BCUT2D eigenvalue weighted by atomic mass is 16.3. The van der Waals surface area contributed by atoms with Crippen LogP contribution >= 0.6 is 0 Å². The number of aryl methyl sites for hydroxylation is 1. The van der Waals surface area contributed by atoms with Crippen molar-refractivity contribution < 1.29 is 5.11 Å². The molecule has 1 aromatic heterocycles. The van der Waals surface area contributed by atoms with Gasteiger partial charge in [-0.15, -0.1) is 0 Å². The van der Waals surface area contributed by atoms with Crippen LogP contribution in [-0.2, 0) is 7.05 Å². The molecule has 78 valence electrons. The van der Waals surface area contributed by atoms with Crippen LogP contribution in [-0.4, -0.2) is 27.3 Å². The van der Waals surface area contributed by atoms with Crippen LogP contribution in [0.15, 0.2) is 17.2 Å². The number of aromatic nitrogens is 2. The van der Waals surface area contributed by atoms with E-state index < -0.39 is 0 Å². The lowest BCUT2D eigenvalue weighted by atomic mass is 10.2. The van der Waals surface area contributed by atoms with Gasteiger partial charge in [-0.25, -0.2) is 4.98 Å². The molecule has 1 atom stereocenters. The van der Waals surface area contributed by atoms with Gasteiger partial charge in [0, 0.05) is 32.1 Å². The molecule has 14 heavy (non-hydrogen) atoms. The van der Waals surface area contributed by atoms with Gasteiger partial charge in [0.25, 0.3) is 5.56 Å². The fourth-order valence-corrected chi connectivity index (χ4v) is 1.10. The van der Waals surface area contributed by atoms with Crippen molar-refractivity contribution in [2.75, 3.05) is 11.9 Å². The second kappa shape index (κ2) is 4.76. The maximum absolute atomic E-state index is 11.5. The summed E-state index contributed by atoms with van der Waals surface area (Å²) >= 11 is 0. The number of aliphatic hydroxyl groups excluding tert-OH is 1. The molecule has 5 nitrogen and oxygen atoms in total. The zero-order valence-electron chi connectivity index (χ0n) is 8.40. The third kappa shape index (κ3) is 2.56. The van der Waals surface area contributed by atoms with E-state index in [9.17, 15) is 4.79 Å². The molecule has 0 radical (unpaired) electrons. The van der Waals surface area contributed by atoms with Crippen LogP contribution in [0.1, 0.15) is 13.3 Å². The summed E-state index contributed by atoms with van der Waals surface area (Å²) in [7, 11) is 1.67. The highest BCUT2D eigenvalue weighted by Gasteiger charge is 2.05. The standard InChI is InChI=1S/C9H15N3O2/c1-7(3-6-13)11-8-9(14)12(2)5-4-10-8/h4-5,7,13H,3,6H2,1-2H3,(H,10,11). The molecule has 1 unspecified atom stereocenters. The average Bonchev–Trinajstić information content (AvgIpc) is 2.13. The first-order valence-corrected chi connectivity index (χ1v) is 4.54. The van der Waals surface area contributed by atoms with Crippen LogP contribution in [0.2, 0.25) is 0 Å². The van der Waals surface area contributed by atoms with Gasteiger partial charge in [0.05, 0.1) is 0 Å². The second-order valence-electron chi connectivity index (χ2n) is 3.25. The lowest BCUT2D eigenvalue weighted by Crippen LogP contribution is -2.26. The van der Waals surface area contributed by atoms with E-state index in [1.807, 2.05) is 6.92 Å². The molecule has 5 heteroatoms. The van der Waals surface area contributed by atoms with E-state index in [1.54, 1.807) is 19.4 Å². The summed E-state index contributed by atoms with van der Waals surface area (Å²) < 4.78 is 1.46. The smallest absolute Gasteiger partial charge is 0.293 e. The minimum absolute atomic E-state index is 0.0441. The fourth-order valence-electron chi connectivity index (χ4n) is 1.10. The second-order valence-corrected chi connectivity index (χ2v) is 3.25. The van der Waals surface area contributed by atoms with E-state index in [0.717, 1.165) is 0 Å². The van der Waals surface area contributed by atoms with Crippen molar-refractivity contribution in [3.63, 3.8) is 0 Å². The van der Waals surface area contributed by atoms with Gasteiger partial charge in [-0.1, -0.05) is 0 Å². The van der Waals surface area contributed by atoms with E-state index in [4.69, 9.17) is 5.11 Å². The number of hydrogen-bond acceptors (Lipinski definition) is 4. The molecule has 0 saturated carbocycles. The minimum Gasteiger partial charge on any atom is -0.396 e. The SMILES string of the molecule is CC(CCO)Nc1nccn(C)c1=O. The third-order valence-electron chi connectivity index (χ3n) is 1.96. The van der Waals surface area contributed by atoms with E-state index >= 15 is 0 Å². The number of rotatable bonds is 4. The molecule has 0 fully saturated rings. The van der Waals surface area contributed by atoms with Crippen molar-refractivity contribution in [1.29, 1.82) is 0 Å². The molecule has 2 N–H and O–H groups in total. The Kier molecular flexibility index (Phi) is 3.64. The molecule has 0 aliphatic carbocycles. The van der Waals surface area contributed by atoms with Crippen LogP contribution in [0.25, 0.3) is 0 Å². The summed E-state index contributed by atoms with van der Waals surface area (Å²) in [6.45, 7) is 1.99. The first kappa shape index (κ1) is 10.7. The first-order valence-electron chi connectivity index (χ1n) is 4.54. The summed E-state index contributed by atoms with van der Waals surface area (Å²) in [5.74, 6) is 0.330. The van der Waals surface area contributed by atoms with Gasteiger partial charge < -0.3 is 15.0 Å². The monoisotopic (exact) mass is 197 g/mol. The first-order chi connectivity index (χ1) is 6.65. The zero-order valence-corrected chi connectivity index (χ0v) is 8.40. The maximum Gasteiger partial charge on any atom is 0.293 e. The predicted octanol–water partition coefficient (Wildman–Crippen LogP) is -0.0369. The van der Waals surface area contributed by atoms with Crippen LogP contribution in [0.4, 0.5) is 5.82 Å². The fraction of sp³-hybridized carbons (Fsp3) is 0.556. The zero-order chi connectivity index (χ0) is 10.6. The van der Waals surface area contributed by atoms with E-state index in [-0.39, 0.29) is 18.2 Å². The van der Waals surface area contributed by atoms with Crippen molar-refractivity contribution in [2.45, 2.75) is 19.4 Å². The van der Waals surface area contributed by atoms with Crippen molar-refractivity contribution in [1.82, 2.24) is 9.55 Å². The van der Waals surface area contributed by atoms with E-state index in [0.29, 0.717) is 12.2 Å². The van der Waals surface area contributed by atoms with Crippen molar-refractivity contribution >= 4 is 5.82 Å². The molecule has 1 rings (SSSR count). The Morgan fingerprint density at radius 3 is 3.07 bits per heavy atom. The Labute approximate surface area is 82.4 Å². The number of aliphatic hydroxyl groups is 1. The molecule has 0 aliphatic rings. The molecular weight excluding hydrogens is 182 g/mol. The van der Waals surface area contributed by atoms with Crippen LogP contribution in [0, 0.1) is 0 Å². The summed E-state index contributed by atoms with van der Waals surface area (Å²) in [4.78, 5) is 15.4. The van der Waals surface area contributed by atoms with Gasteiger partial charge in [0.2, 0.25) is 0 Å². The van der Waals surface area contributed by atoms with Gasteiger partial charge in [0.1, 0.15) is 0 Å². The highest BCUT2D eigenvalue weighted by Crippen LogP contribution is 1.98. The van der Waals surface area contributed by atoms with Gasteiger partial charge in [0.15, 0.2) is 5.82 Å². The van der Waals surface area contributed by atoms with Gasteiger partial charge >= 0.3 is 0 Å². The molecule has 1 heterocycles. The van der Waals surface area contributed by atoms with Gasteiger partial charge in [-0.2, -0.15) is 0 Å². The summed E-state index contributed by atoms with van der Waals surface area (Å²) in [6.07, 6.45) is 3.76. The molecule has 1 aromatic rings. The topological polar surface area (TPSA) is 67.2 Å². The Morgan fingerprint density at radius 2 is 2.43 bits per heavy atom. The average molecular weight is 197 g/mol. The van der Waals surface area contributed by atoms with Crippen molar-refractivity contribution in [2.24, 2.45) is 7.05 Å². The molecule has 0 bridgehead atoms. The quantitative estimate of drug-likeness (QED) is 0.711. The predicted molar refractivity (Wildman–Crippen MR) is 54.3 cm³/mol. The van der Waals surface area contributed by atoms with E-state index in [1.165, 1.54) is 4.57 Å². The van der Waals surface area contributed by atoms with E-state index in [2.05, 4.69) is 10.3 Å². The Bertz CT molecular complexity index is 348. The van der Waals surface area contributed by atoms with Crippen LogP contribution in [0.3, 0.4) is 0 Å². The molecule has 0 aliphatic heterocycles. The van der Waals surface area contributed by atoms with Crippen molar-refractivity contribution in [3.05, 3.63) is 22.7 Å². The Balaban J connectivity index is 2.77. The summed E-state index contributed by atoms with van der Waals surface area (Å²) in [5.41, 5.74) is -0.155. The number of anilines is 1. The Hall–Kier alpha value is -1.36. The molecule has 0 spiro atoms. The van der Waals surface area contributed by atoms with Gasteiger partial charge in [-0.05, 0) is 13.3 Å². The van der Waals surface area contributed by atoms with Crippen LogP contribution < -0.4 is 10.9 Å². The van der Waals surface area contributed by atoms with Crippen molar-refractivity contribution in [3.8, 4) is 0 Å². The lowest BCUT2D eigenvalue weighted by molar-refractivity contribution is 0.282. The Morgan fingerprint density at radius 1 is 1.71 bits per heavy atom. The highest BCUT2D eigenvalue weighted by molar-refractivity contribution is 5.31. The molecule has 0 saturated heterocycles. The lowest BCUT2D eigenvalue weighted by Gasteiger charge is -2.12. The molecular formula is C9H15N3O2. The van der Waals surface area contributed by atoms with Gasteiger partial charge in [-0.3, -0.25) is 4.79 Å². The maximum atomic E-state index is 11.5. The number of hydrogen-bond donors (Lipinski definition) is 2. The van der Waals surface area contributed by atoms with Crippen LogP contribution in [0.5, 0.6) is 0 Å². The molecule has 0 aromatic carbocycles. The number of nitrogens with zero attached hydrogens (tertiary/aromatic N) is 2. The minimum atomic E-state index is -0.155. The normalized spacial score (nSPS) is 12.5. The third-order valence-corrected chi connectivity index (χ3v) is 1.96. The summed E-state index contributed by atoms with van der Waals surface area (Å²) in [6, 6.07) is 0.0441. The number of nitrogens with one attached hydrogen (secondary N) is 1. The molecule has 0 amide bonds. The largest absolute Gasteiger partial charge is 0.396 e. The summed E-state index contributed by atoms with van der Waals surface area (Å²) in [5, 5.41) is 11.6.